The number of hydrogen-bond acceptors (Lipinski definition) is 2. The molecule has 1 rings (SSSR count). The van der Waals surface area contributed by atoms with Crippen LogP contribution in [0.3, 0.4) is 0 Å². The average Bonchev–Trinajstić information content (AvgIpc) is 2.13. The Labute approximate surface area is 106 Å². The topological polar surface area (TPSA) is 34.1 Å². The van der Waals surface area contributed by atoms with Gasteiger partial charge in [-0.25, -0.2) is 8.42 Å². The van der Waals surface area contributed by atoms with Gasteiger partial charge in [0.1, 0.15) is 9.84 Å². The fourth-order valence-corrected chi connectivity index (χ4v) is 2.63. The normalized spacial score (nSPS) is 14.6. The minimum absolute atomic E-state index is 0.0499. The van der Waals surface area contributed by atoms with Crippen molar-refractivity contribution in [2.24, 2.45) is 0 Å². The van der Waals surface area contributed by atoms with Crippen molar-refractivity contribution in [3.8, 4) is 0 Å². The molecule has 1 atom stereocenters. The Hall–Kier alpha value is -0.560. The Morgan fingerprint density at radius 3 is 2.06 bits per heavy atom. The van der Waals surface area contributed by atoms with Gasteiger partial charge in [0.2, 0.25) is 0 Å². The van der Waals surface area contributed by atoms with E-state index in [0.29, 0.717) is 4.47 Å². The molecule has 0 saturated carbocycles. The van der Waals surface area contributed by atoms with E-state index < -0.39 is 27.7 Å². The van der Waals surface area contributed by atoms with Crippen molar-refractivity contribution in [3.63, 3.8) is 0 Å². The number of alkyl halides is 3. The molecule has 0 spiro atoms. The van der Waals surface area contributed by atoms with Gasteiger partial charge in [-0.3, -0.25) is 0 Å². The summed E-state index contributed by atoms with van der Waals surface area (Å²) < 4.78 is 61.0. The summed E-state index contributed by atoms with van der Waals surface area (Å²) >= 11 is 3.11. The highest BCUT2D eigenvalue weighted by Crippen LogP contribution is 2.36. The van der Waals surface area contributed by atoms with Gasteiger partial charge in [0.15, 0.2) is 0 Å². The largest absolute Gasteiger partial charge is 0.396 e. The number of benzene rings is 1. The van der Waals surface area contributed by atoms with E-state index in [0.717, 1.165) is 6.26 Å². The fourth-order valence-electron chi connectivity index (χ4n) is 1.38. The molecule has 0 aliphatic carbocycles. The van der Waals surface area contributed by atoms with Crippen LogP contribution in [0.5, 0.6) is 0 Å². The summed E-state index contributed by atoms with van der Waals surface area (Å²) in [6, 6.07) is 5.45. The zero-order chi connectivity index (χ0) is 13.3. The molecule has 0 radical (unpaired) electrons. The highest BCUT2D eigenvalue weighted by atomic mass is 79.9. The minimum atomic E-state index is -4.57. The minimum Gasteiger partial charge on any atom is -0.229 e. The second-order valence-corrected chi connectivity index (χ2v) is 6.84. The zero-order valence-corrected chi connectivity index (χ0v) is 11.2. The monoisotopic (exact) mass is 330 g/mol. The number of rotatable bonds is 3. The van der Waals surface area contributed by atoms with Gasteiger partial charge in [-0.2, -0.15) is 13.2 Å². The Morgan fingerprint density at radius 1 is 1.24 bits per heavy atom. The molecule has 2 nitrogen and oxygen atoms in total. The smallest absolute Gasteiger partial charge is 0.229 e. The van der Waals surface area contributed by atoms with Gasteiger partial charge in [-0.05, 0) is 17.7 Å². The van der Waals surface area contributed by atoms with Crippen molar-refractivity contribution in [3.05, 3.63) is 34.3 Å². The van der Waals surface area contributed by atoms with Gasteiger partial charge in [-0.15, -0.1) is 0 Å². The lowest BCUT2D eigenvalue weighted by Gasteiger charge is -2.19. The molecule has 0 unspecified atom stereocenters. The van der Waals surface area contributed by atoms with Crippen molar-refractivity contribution < 1.29 is 21.6 Å². The van der Waals surface area contributed by atoms with Gasteiger partial charge in [-0.1, -0.05) is 28.1 Å². The third kappa shape index (κ3) is 4.67. The fraction of sp³-hybridized carbons (Fsp3) is 0.400. The lowest BCUT2D eigenvalue weighted by Crippen LogP contribution is -2.27. The van der Waals surface area contributed by atoms with Gasteiger partial charge >= 0.3 is 6.18 Å². The molecule has 7 heteroatoms. The van der Waals surface area contributed by atoms with E-state index in [4.69, 9.17) is 0 Å². The lowest BCUT2D eigenvalue weighted by atomic mass is 10.0. The van der Waals surface area contributed by atoms with Crippen molar-refractivity contribution in [1.29, 1.82) is 0 Å². The maximum atomic E-state index is 12.8. The second-order valence-electron chi connectivity index (χ2n) is 3.74. The van der Waals surface area contributed by atoms with E-state index in [1.165, 1.54) is 24.3 Å². The maximum absolute atomic E-state index is 12.8. The van der Waals surface area contributed by atoms with Crippen LogP contribution in [0.1, 0.15) is 11.5 Å². The number of halogens is 4. The van der Waals surface area contributed by atoms with Crippen LogP contribution in [0.25, 0.3) is 0 Å². The molecule has 0 aliphatic heterocycles. The number of sulfone groups is 1. The van der Waals surface area contributed by atoms with Crippen molar-refractivity contribution in [2.45, 2.75) is 12.1 Å². The van der Waals surface area contributed by atoms with Crippen molar-refractivity contribution >= 4 is 25.8 Å². The van der Waals surface area contributed by atoms with Crippen molar-refractivity contribution in [2.75, 3.05) is 12.0 Å². The quantitative estimate of drug-likeness (QED) is 0.853. The summed E-state index contributed by atoms with van der Waals surface area (Å²) in [5.41, 5.74) is -0.0499. The predicted octanol–water partition coefficient (Wildman–Crippen LogP) is 3.14. The third-order valence-corrected chi connectivity index (χ3v) is 3.60. The molecule has 0 bridgehead atoms. The van der Waals surface area contributed by atoms with Crippen LogP contribution in [0.2, 0.25) is 0 Å². The van der Waals surface area contributed by atoms with Crippen LogP contribution in [0, 0.1) is 0 Å². The van der Waals surface area contributed by atoms with Gasteiger partial charge < -0.3 is 0 Å². The zero-order valence-electron chi connectivity index (χ0n) is 8.83. The molecule has 17 heavy (non-hydrogen) atoms. The van der Waals surface area contributed by atoms with Gasteiger partial charge in [0.05, 0.1) is 11.7 Å². The van der Waals surface area contributed by atoms with E-state index in [1.54, 1.807) is 0 Å². The van der Waals surface area contributed by atoms with E-state index >= 15 is 0 Å². The van der Waals surface area contributed by atoms with Crippen LogP contribution in [0.15, 0.2) is 28.7 Å². The molecule has 0 amide bonds. The first-order valence-corrected chi connectivity index (χ1v) is 7.45. The molecule has 1 aromatic carbocycles. The third-order valence-electron chi connectivity index (χ3n) is 2.14. The summed E-state index contributed by atoms with van der Waals surface area (Å²) in [5, 5.41) is 0. The summed E-state index contributed by atoms with van der Waals surface area (Å²) in [7, 11) is -3.70. The lowest BCUT2D eigenvalue weighted by molar-refractivity contribution is -0.145. The summed E-state index contributed by atoms with van der Waals surface area (Å²) in [5.74, 6) is -2.91. The Bertz CT molecular complexity index is 479. The molecular weight excluding hydrogens is 321 g/mol. The molecule has 0 aliphatic rings. The average molecular weight is 331 g/mol. The molecule has 0 saturated heterocycles. The van der Waals surface area contributed by atoms with E-state index in [1.807, 2.05) is 0 Å². The van der Waals surface area contributed by atoms with Gasteiger partial charge in [0, 0.05) is 10.7 Å². The maximum Gasteiger partial charge on any atom is 0.396 e. The molecule has 1 aromatic rings. The van der Waals surface area contributed by atoms with Crippen LogP contribution in [0.4, 0.5) is 13.2 Å². The van der Waals surface area contributed by atoms with Crippen molar-refractivity contribution in [1.82, 2.24) is 0 Å². The Balaban J connectivity index is 3.12. The molecule has 96 valence electrons. The summed E-state index contributed by atoms with van der Waals surface area (Å²) in [6.45, 7) is 0. The molecule has 0 aromatic heterocycles. The first-order chi connectivity index (χ1) is 7.59. The van der Waals surface area contributed by atoms with Crippen LogP contribution >= 0.6 is 15.9 Å². The number of hydrogen-bond donors (Lipinski definition) is 0. The summed E-state index contributed by atoms with van der Waals surface area (Å²) in [4.78, 5) is 0. The molecule has 0 N–H and O–H groups in total. The van der Waals surface area contributed by atoms with Crippen LogP contribution in [-0.2, 0) is 9.84 Å². The van der Waals surface area contributed by atoms with Crippen LogP contribution in [-0.4, -0.2) is 26.6 Å². The van der Waals surface area contributed by atoms with E-state index in [2.05, 4.69) is 15.9 Å². The summed E-state index contributed by atoms with van der Waals surface area (Å²) in [6.07, 6.45) is -3.78. The standard InChI is InChI=1S/C10H10BrF3O2S/c1-17(15,16)6-9(10(12,13)14)7-2-4-8(11)5-3-7/h2-5,9H,6H2,1H3/t9-/m0/s1. The first kappa shape index (κ1) is 14.5. The van der Waals surface area contributed by atoms with Gasteiger partial charge in [0.25, 0.3) is 0 Å². The first-order valence-electron chi connectivity index (χ1n) is 4.59. The highest BCUT2D eigenvalue weighted by Gasteiger charge is 2.42. The highest BCUT2D eigenvalue weighted by molar-refractivity contribution is 9.10. The predicted molar refractivity (Wildman–Crippen MR) is 62.6 cm³/mol. The SMILES string of the molecule is CS(=O)(=O)C[C@@H](c1ccc(Br)cc1)C(F)(F)F. The Kier molecular flexibility index (Phi) is 4.24. The molecule has 0 fully saturated rings. The molecule has 0 heterocycles. The van der Waals surface area contributed by atoms with E-state index in [-0.39, 0.29) is 5.56 Å². The van der Waals surface area contributed by atoms with Crippen LogP contribution < -0.4 is 0 Å². The Morgan fingerprint density at radius 2 is 1.71 bits per heavy atom. The van der Waals surface area contributed by atoms with E-state index in [9.17, 15) is 21.6 Å². The molecular formula is C10H10BrF3O2S. The second kappa shape index (κ2) is 4.97.